The first-order valence-electron chi connectivity index (χ1n) is 5.98. The van der Waals surface area contributed by atoms with Gasteiger partial charge < -0.3 is 10.4 Å². The van der Waals surface area contributed by atoms with Gasteiger partial charge in [0.1, 0.15) is 5.82 Å². The molecule has 1 aliphatic rings. The van der Waals surface area contributed by atoms with Gasteiger partial charge in [0.15, 0.2) is 0 Å². The van der Waals surface area contributed by atoms with E-state index in [-0.39, 0.29) is 17.5 Å². The highest BCUT2D eigenvalue weighted by Gasteiger charge is 2.29. The molecule has 3 nitrogen and oxygen atoms in total. The maximum atomic E-state index is 12.7. The molecule has 1 aliphatic carbocycles. The van der Waals surface area contributed by atoms with Gasteiger partial charge in [-0.2, -0.15) is 0 Å². The second kappa shape index (κ2) is 6.20. The smallest absolute Gasteiger partial charge is 0.230 e. The molecule has 0 bridgehead atoms. The molecule has 0 aromatic heterocycles. The number of rotatable bonds is 6. The second-order valence-corrected chi connectivity index (χ2v) is 5.50. The molecule has 1 unspecified atom stereocenters. The fraction of sp³-hybridized carbons (Fsp3) is 0.462. The molecule has 5 heteroatoms. The summed E-state index contributed by atoms with van der Waals surface area (Å²) in [5.41, 5.74) is 0. The fourth-order valence-corrected chi connectivity index (χ4v) is 2.33. The zero-order valence-corrected chi connectivity index (χ0v) is 10.8. The number of carbonyl (C=O) groups excluding carboxylic acids is 1. The molecule has 1 amide bonds. The molecule has 1 atom stereocenters. The van der Waals surface area contributed by atoms with Crippen LogP contribution in [0.5, 0.6) is 0 Å². The van der Waals surface area contributed by atoms with Crippen molar-refractivity contribution < 1.29 is 14.3 Å². The van der Waals surface area contributed by atoms with Crippen molar-refractivity contribution in [1.29, 1.82) is 0 Å². The summed E-state index contributed by atoms with van der Waals surface area (Å²) in [7, 11) is 0. The molecule has 98 valence electrons. The summed E-state index contributed by atoms with van der Waals surface area (Å²) in [6.07, 6.45) is 1.70. The molecule has 2 N–H and O–H groups in total. The van der Waals surface area contributed by atoms with E-state index >= 15 is 0 Å². The molecule has 2 rings (SSSR count). The zero-order chi connectivity index (χ0) is 13.0. The molecular weight excluding hydrogens is 253 g/mol. The van der Waals surface area contributed by atoms with E-state index in [1.807, 2.05) is 0 Å². The lowest BCUT2D eigenvalue weighted by atomic mass is 10.2. The van der Waals surface area contributed by atoms with Crippen LogP contribution < -0.4 is 5.32 Å². The maximum Gasteiger partial charge on any atom is 0.230 e. The van der Waals surface area contributed by atoms with Gasteiger partial charge in [-0.05, 0) is 43.0 Å². The number of amides is 1. The summed E-state index contributed by atoms with van der Waals surface area (Å²) >= 11 is 1.35. The largest absolute Gasteiger partial charge is 0.391 e. The number of thioether (sulfide) groups is 1. The molecule has 18 heavy (non-hydrogen) atoms. The van der Waals surface area contributed by atoms with E-state index in [9.17, 15) is 14.3 Å². The van der Waals surface area contributed by atoms with Crippen molar-refractivity contribution in [3.8, 4) is 0 Å². The summed E-state index contributed by atoms with van der Waals surface area (Å²) in [5, 5.41) is 12.3. The Kier molecular flexibility index (Phi) is 4.60. The molecule has 1 saturated carbocycles. The van der Waals surface area contributed by atoms with E-state index in [2.05, 4.69) is 5.32 Å². The summed E-state index contributed by atoms with van der Waals surface area (Å²) < 4.78 is 12.7. The Balaban J connectivity index is 1.66. The Labute approximate surface area is 110 Å². The average molecular weight is 269 g/mol. The van der Waals surface area contributed by atoms with E-state index in [1.54, 1.807) is 12.1 Å². The molecule has 1 aromatic carbocycles. The van der Waals surface area contributed by atoms with Crippen molar-refractivity contribution in [1.82, 2.24) is 5.32 Å². The molecule has 0 radical (unpaired) electrons. The van der Waals surface area contributed by atoms with Crippen LogP contribution in [0, 0.1) is 11.7 Å². The van der Waals surface area contributed by atoms with Crippen molar-refractivity contribution in [2.45, 2.75) is 23.8 Å². The number of nitrogens with one attached hydrogen (secondary N) is 1. The van der Waals surface area contributed by atoms with E-state index in [1.165, 1.54) is 23.9 Å². The van der Waals surface area contributed by atoms with Crippen molar-refractivity contribution in [2.24, 2.45) is 5.92 Å². The number of halogens is 1. The molecule has 0 spiro atoms. The standard InChI is InChI=1S/C13H16FNO2S/c14-10-3-5-11(6-4-10)18-8-13(17)15-7-12(16)9-1-2-9/h3-6,9,12,16H,1-2,7-8H2,(H,15,17). The summed E-state index contributed by atoms with van der Waals surface area (Å²) in [4.78, 5) is 12.4. The zero-order valence-electron chi connectivity index (χ0n) is 9.93. The molecule has 0 heterocycles. The fourth-order valence-electron chi connectivity index (χ4n) is 1.60. The second-order valence-electron chi connectivity index (χ2n) is 4.45. The van der Waals surface area contributed by atoms with Gasteiger partial charge in [0.25, 0.3) is 0 Å². The van der Waals surface area contributed by atoms with Crippen LogP contribution >= 0.6 is 11.8 Å². The predicted octanol–water partition coefficient (Wildman–Crippen LogP) is 1.80. The van der Waals surface area contributed by atoms with Gasteiger partial charge in [0.05, 0.1) is 11.9 Å². The van der Waals surface area contributed by atoms with Crippen LogP contribution in [-0.4, -0.2) is 29.4 Å². The lowest BCUT2D eigenvalue weighted by Crippen LogP contribution is -2.34. The highest BCUT2D eigenvalue weighted by Crippen LogP contribution is 2.32. The number of hydrogen-bond acceptors (Lipinski definition) is 3. The monoisotopic (exact) mass is 269 g/mol. The Morgan fingerprint density at radius 3 is 2.72 bits per heavy atom. The minimum Gasteiger partial charge on any atom is -0.391 e. The SMILES string of the molecule is O=C(CSc1ccc(F)cc1)NCC(O)C1CC1. The number of carbonyl (C=O) groups is 1. The van der Waals surface area contributed by atoms with Crippen LogP contribution in [-0.2, 0) is 4.79 Å². The molecule has 0 saturated heterocycles. The van der Waals surface area contributed by atoms with Crippen molar-refractivity contribution in [2.75, 3.05) is 12.3 Å². The quantitative estimate of drug-likeness (QED) is 0.774. The van der Waals surface area contributed by atoms with Gasteiger partial charge in [-0.15, -0.1) is 11.8 Å². The predicted molar refractivity (Wildman–Crippen MR) is 68.9 cm³/mol. The Morgan fingerprint density at radius 1 is 1.44 bits per heavy atom. The van der Waals surface area contributed by atoms with Crippen LogP contribution in [0.15, 0.2) is 29.2 Å². The third kappa shape index (κ3) is 4.31. The number of benzene rings is 1. The summed E-state index contributed by atoms with van der Waals surface area (Å²) in [6, 6.07) is 6.03. The van der Waals surface area contributed by atoms with Crippen LogP contribution in [0.3, 0.4) is 0 Å². The topological polar surface area (TPSA) is 49.3 Å². The third-order valence-corrected chi connectivity index (χ3v) is 3.87. The Morgan fingerprint density at radius 2 is 2.11 bits per heavy atom. The lowest BCUT2D eigenvalue weighted by Gasteiger charge is -2.10. The van der Waals surface area contributed by atoms with Crippen LogP contribution in [0.1, 0.15) is 12.8 Å². The number of aliphatic hydroxyl groups excluding tert-OH is 1. The summed E-state index contributed by atoms with van der Waals surface area (Å²) in [5.74, 6) is 0.263. The van der Waals surface area contributed by atoms with Gasteiger partial charge in [-0.3, -0.25) is 4.79 Å². The Bertz CT molecular complexity index is 406. The van der Waals surface area contributed by atoms with Crippen LogP contribution in [0.25, 0.3) is 0 Å². The van der Waals surface area contributed by atoms with E-state index in [4.69, 9.17) is 0 Å². The molecular formula is C13H16FNO2S. The summed E-state index contributed by atoms with van der Waals surface area (Å²) in [6.45, 7) is 0.327. The number of aliphatic hydroxyl groups is 1. The van der Waals surface area contributed by atoms with Crippen LogP contribution in [0.2, 0.25) is 0 Å². The first-order chi connectivity index (χ1) is 8.65. The molecule has 1 aromatic rings. The highest BCUT2D eigenvalue weighted by molar-refractivity contribution is 8.00. The number of hydrogen-bond donors (Lipinski definition) is 2. The van der Waals surface area contributed by atoms with Gasteiger partial charge in [-0.1, -0.05) is 0 Å². The average Bonchev–Trinajstić information content (AvgIpc) is 3.19. The lowest BCUT2D eigenvalue weighted by molar-refractivity contribution is -0.119. The molecule has 0 aliphatic heterocycles. The molecule has 1 fully saturated rings. The van der Waals surface area contributed by atoms with Gasteiger partial charge in [0.2, 0.25) is 5.91 Å². The van der Waals surface area contributed by atoms with Crippen molar-refractivity contribution >= 4 is 17.7 Å². The third-order valence-electron chi connectivity index (χ3n) is 2.86. The van der Waals surface area contributed by atoms with Gasteiger partial charge in [0, 0.05) is 11.4 Å². The van der Waals surface area contributed by atoms with Gasteiger partial charge >= 0.3 is 0 Å². The van der Waals surface area contributed by atoms with E-state index < -0.39 is 6.10 Å². The van der Waals surface area contributed by atoms with E-state index in [0.717, 1.165) is 17.7 Å². The van der Waals surface area contributed by atoms with Crippen molar-refractivity contribution in [3.05, 3.63) is 30.1 Å². The highest BCUT2D eigenvalue weighted by atomic mass is 32.2. The maximum absolute atomic E-state index is 12.7. The van der Waals surface area contributed by atoms with Crippen LogP contribution in [0.4, 0.5) is 4.39 Å². The Hall–Kier alpha value is -1.07. The minimum atomic E-state index is -0.412. The van der Waals surface area contributed by atoms with E-state index in [0.29, 0.717) is 12.5 Å². The van der Waals surface area contributed by atoms with Crippen molar-refractivity contribution in [3.63, 3.8) is 0 Å². The first-order valence-corrected chi connectivity index (χ1v) is 6.97. The first kappa shape index (κ1) is 13.4. The normalized spacial score (nSPS) is 16.3. The minimum absolute atomic E-state index is 0.107. The van der Waals surface area contributed by atoms with Gasteiger partial charge in [-0.25, -0.2) is 4.39 Å².